The average molecular weight is 458 g/mol. The molecular weight excluding hydrogens is 444 g/mol. The number of fused-ring (bicyclic) bond motifs is 1. The minimum atomic E-state index is 0.0785. The molecule has 0 radical (unpaired) electrons. The van der Waals surface area contributed by atoms with Gasteiger partial charge in [-0.1, -0.05) is 53.7 Å². The Balaban J connectivity index is 1.49. The van der Waals surface area contributed by atoms with E-state index in [4.69, 9.17) is 16.3 Å². The fourth-order valence-electron chi connectivity index (χ4n) is 2.75. The molecule has 0 amide bonds. The van der Waals surface area contributed by atoms with Crippen LogP contribution in [0.25, 0.3) is 6.08 Å². The highest BCUT2D eigenvalue weighted by molar-refractivity contribution is 9.10. The Labute approximate surface area is 175 Å². The van der Waals surface area contributed by atoms with Crippen LogP contribution in [0.15, 0.2) is 81.0 Å². The number of hydrogen-bond donors (Lipinski definition) is 0. The van der Waals surface area contributed by atoms with E-state index in [1.165, 1.54) is 11.8 Å². The largest absolute Gasteiger partial charge is 0.488 e. The predicted octanol–water partition coefficient (Wildman–Crippen LogP) is 7.01. The Morgan fingerprint density at radius 1 is 1.04 bits per heavy atom. The molecule has 3 aromatic rings. The summed E-state index contributed by atoms with van der Waals surface area (Å²) < 4.78 is 6.72. The van der Waals surface area contributed by atoms with Crippen molar-refractivity contribution in [2.24, 2.45) is 0 Å². The number of allylic oxidation sites excluding steroid dienone is 1. The van der Waals surface area contributed by atoms with Gasteiger partial charge in [0.05, 0.1) is 9.38 Å². The third-order valence-electron chi connectivity index (χ3n) is 4.14. The summed E-state index contributed by atoms with van der Waals surface area (Å²) in [6, 6.07) is 21.1. The molecule has 2 nitrogen and oxygen atoms in total. The van der Waals surface area contributed by atoms with Crippen molar-refractivity contribution >= 4 is 51.2 Å². The van der Waals surface area contributed by atoms with Crippen LogP contribution < -0.4 is 4.74 Å². The van der Waals surface area contributed by atoms with Crippen LogP contribution in [0.2, 0.25) is 5.02 Å². The average Bonchev–Trinajstić information content (AvgIpc) is 2.98. The van der Waals surface area contributed by atoms with Gasteiger partial charge < -0.3 is 4.74 Å². The molecule has 27 heavy (non-hydrogen) atoms. The van der Waals surface area contributed by atoms with Gasteiger partial charge in [-0.15, -0.1) is 0 Å². The van der Waals surface area contributed by atoms with E-state index in [1.54, 1.807) is 0 Å². The van der Waals surface area contributed by atoms with Crippen LogP contribution in [0, 0.1) is 0 Å². The van der Waals surface area contributed by atoms with Crippen molar-refractivity contribution in [3.8, 4) is 5.75 Å². The van der Waals surface area contributed by atoms with E-state index >= 15 is 0 Å². The van der Waals surface area contributed by atoms with Crippen molar-refractivity contribution in [2.75, 3.05) is 0 Å². The molecule has 0 N–H and O–H groups in total. The Bertz CT molecular complexity index is 1040. The standard InChI is InChI=1S/C22H14BrClO2S/c23-18-11-15(12-21-22(25)17-3-1-2-4-20(17)27-21)7-10-19(18)26-13-14-5-8-16(24)9-6-14/h1-12H,13H2/b21-12-. The van der Waals surface area contributed by atoms with Gasteiger partial charge in [-0.2, -0.15) is 0 Å². The van der Waals surface area contributed by atoms with Gasteiger partial charge >= 0.3 is 0 Å². The second-order valence-electron chi connectivity index (χ2n) is 6.04. The molecule has 0 bridgehead atoms. The first-order valence-corrected chi connectivity index (χ1v) is 10.3. The lowest BCUT2D eigenvalue weighted by atomic mass is 10.1. The van der Waals surface area contributed by atoms with Gasteiger partial charge in [0.1, 0.15) is 12.4 Å². The zero-order valence-corrected chi connectivity index (χ0v) is 17.3. The highest BCUT2D eigenvalue weighted by atomic mass is 79.9. The third-order valence-corrected chi connectivity index (χ3v) is 6.11. The number of Topliss-reactive ketones (excluding diaryl/α,β-unsaturated/α-hetero) is 1. The predicted molar refractivity (Wildman–Crippen MR) is 115 cm³/mol. The summed E-state index contributed by atoms with van der Waals surface area (Å²) in [5.41, 5.74) is 2.77. The molecule has 1 heterocycles. The maximum absolute atomic E-state index is 12.5. The number of benzene rings is 3. The summed E-state index contributed by atoms with van der Waals surface area (Å²) in [5.74, 6) is 0.829. The van der Waals surface area contributed by atoms with Crippen molar-refractivity contribution < 1.29 is 9.53 Å². The highest BCUT2D eigenvalue weighted by Crippen LogP contribution is 2.41. The summed E-state index contributed by atoms with van der Waals surface area (Å²) in [4.78, 5) is 14.2. The van der Waals surface area contributed by atoms with E-state index in [0.29, 0.717) is 11.6 Å². The van der Waals surface area contributed by atoms with Gasteiger partial charge in [0.15, 0.2) is 0 Å². The van der Waals surface area contributed by atoms with Gasteiger partial charge in [0, 0.05) is 15.5 Å². The van der Waals surface area contributed by atoms with Crippen molar-refractivity contribution in [1.82, 2.24) is 0 Å². The fourth-order valence-corrected chi connectivity index (χ4v) is 4.44. The van der Waals surface area contributed by atoms with Crippen molar-refractivity contribution in [3.63, 3.8) is 0 Å². The third kappa shape index (κ3) is 4.13. The van der Waals surface area contributed by atoms with Gasteiger partial charge in [0.2, 0.25) is 5.78 Å². The molecule has 0 aromatic heterocycles. The summed E-state index contributed by atoms with van der Waals surface area (Å²) in [5, 5.41) is 0.707. The molecule has 0 fully saturated rings. The first kappa shape index (κ1) is 18.4. The van der Waals surface area contributed by atoms with Crippen LogP contribution in [0.1, 0.15) is 21.5 Å². The molecule has 5 heteroatoms. The first-order valence-electron chi connectivity index (χ1n) is 8.30. The molecule has 0 saturated heterocycles. The van der Waals surface area contributed by atoms with E-state index in [9.17, 15) is 4.79 Å². The Kier molecular flexibility index (Phi) is 5.39. The molecule has 4 rings (SSSR count). The lowest BCUT2D eigenvalue weighted by molar-refractivity contribution is 0.104. The number of carbonyl (C=O) groups is 1. The number of thioether (sulfide) groups is 1. The monoisotopic (exact) mass is 456 g/mol. The van der Waals surface area contributed by atoms with Crippen LogP contribution in [0.4, 0.5) is 0 Å². The van der Waals surface area contributed by atoms with Crippen molar-refractivity contribution in [1.29, 1.82) is 0 Å². The lowest BCUT2D eigenvalue weighted by Crippen LogP contribution is -1.96. The Morgan fingerprint density at radius 3 is 2.56 bits per heavy atom. The van der Waals surface area contributed by atoms with Gasteiger partial charge in [-0.25, -0.2) is 0 Å². The van der Waals surface area contributed by atoms with E-state index in [-0.39, 0.29) is 5.78 Å². The van der Waals surface area contributed by atoms with E-state index in [1.807, 2.05) is 72.8 Å². The molecular formula is C22H14BrClO2S. The molecule has 0 aliphatic carbocycles. The quantitative estimate of drug-likeness (QED) is 0.394. The van der Waals surface area contributed by atoms with E-state index in [0.717, 1.165) is 36.7 Å². The molecule has 0 spiro atoms. The van der Waals surface area contributed by atoms with Crippen LogP contribution in [-0.4, -0.2) is 5.78 Å². The maximum atomic E-state index is 12.5. The second kappa shape index (κ2) is 7.93. The summed E-state index contributed by atoms with van der Waals surface area (Å²) in [6.07, 6.45) is 1.92. The smallest absolute Gasteiger partial charge is 0.200 e. The molecule has 1 aliphatic heterocycles. The van der Waals surface area contributed by atoms with Gasteiger partial charge in [0.25, 0.3) is 0 Å². The molecule has 1 aliphatic rings. The number of hydrogen-bond acceptors (Lipinski definition) is 3. The van der Waals surface area contributed by atoms with Gasteiger partial charge in [-0.05, 0) is 69.5 Å². The minimum Gasteiger partial charge on any atom is -0.488 e. The highest BCUT2D eigenvalue weighted by Gasteiger charge is 2.25. The molecule has 3 aromatic carbocycles. The lowest BCUT2D eigenvalue weighted by Gasteiger charge is -2.09. The van der Waals surface area contributed by atoms with E-state index in [2.05, 4.69) is 15.9 Å². The molecule has 0 unspecified atom stereocenters. The minimum absolute atomic E-state index is 0.0785. The second-order valence-corrected chi connectivity index (χ2v) is 8.42. The molecule has 134 valence electrons. The zero-order chi connectivity index (χ0) is 18.8. The molecule has 0 saturated carbocycles. The number of ether oxygens (including phenoxy) is 1. The Hall–Kier alpha value is -2.01. The number of rotatable bonds is 4. The Morgan fingerprint density at radius 2 is 1.81 bits per heavy atom. The number of halogens is 2. The summed E-state index contributed by atoms with van der Waals surface area (Å²) >= 11 is 11.0. The van der Waals surface area contributed by atoms with E-state index < -0.39 is 0 Å². The normalized spacial score (nSPS) is 14.4. The van der Waals surface area contributed by atoms with Crippen molar-refractivity contribution in [3.05, 3.63) is 97.8 Å². The van der Waals surface area contributed by atoms with Crippen LogP contribution in [-0.2, 0) is 6.61 Å². The zero-order valence-electron chi connectivity index (χ0n) is 14.1. The van der Waals surface area contributed by atoms with Crippen LogP contribution >= 0.6 is 39.3 Å². The SMILES string of the molecule is O=C1/C(=C/c2ccc(OCc3ccc(Cl)cc3)c(Br)c2)Sc2ccccc21. The molecule has 0 atom stereocenters. The summed E-state index contributed by atoms with van der Waals surface area (Å²) in [6.45, 7) is 0.458. The topological polar surface area (TPSA) is 26.3 Å². The number of ketones is 1. The van der Waals surface area contributed by atoms with Crippen LogP contribution in [0.5, 0.6) is 5.75 Å². The fraction of sp³-hybridized carbons (Fsp3) is 0.0455. The summed E-state index contributed by atoms with van der Waals surface area (Å²) in [7, 11) is 0. The van der Waals surface area contributed by atoms with Crippen LogP contribution in [0.3, 0.4) is 0 Å². The first-order chi connectivity index (χ1) is 13.1. The maximum Gasteiger partial charge on any atom is 0.200 e. The van der Waals surface area contributed by atoms with Crippen molar-refractivity contribution in [2.45, 2.75) is 11.5 Å². The number of carbonyl (C=O) groups excluding carboxylic acids is 1. The van der Waals surface area contributed by atoms with Gasteiger partial charge in [-0.3, -0.25) is 4.79 Å².